The van der Waals surface area contributed by atoms with Gasteiger partial charge in [0.05, 0.1) is 12.7 Å². The number of nitrogens with zero attached hydrogens (tertiary/aromatic N) is 1. The maximum atomic E-state index is 11.5. The van der Waals surface area contributed by atoms with Crippen LogP contribution in [0.2, 0.25) is 0 Å². The van der Waals surface area contributed by atoms with Crippen LogP contribution >= 0.6 is 0 Å². The Morgan fingerprint density at radius 1 is 1.35 bits per heavy atom. The number of rotatable bonds is 5. The summed E-state index contributed by atoms with van der Waals surface area (Å²) in [5.41, 5.74) is 1.44. The highest BCUT2D eigenvalue weighted by Crippen LogP contribution is 2.18. The number of esters is 1. The number of aryl methyl sites for hydroxylation is 1. The lowest BCUT2D eigenvalue weighted by Gasteiger charge is -2.12. The number of likely N-dealkylation sites (N-methyl/N-ethyl adjacent to an activating group) is 1. The molecular formula is C13H19NO3. The second kappa shape index (κ2) is 6.25. The summed E-state index contributed by atoms with van der Waals surface area (Å²) in [5.74, 6) is 0.360. The SMILES string of the molecule is COC(=O)c1cc(OCCN(C)C)ccc1C. The molecule has 94 valence electrons. The molecule has 0 N–H and O–H groups in total. The molecule has 1 aromatic rings. The van der Waals surface area contributed by atoms with E-state index in [9.17, 15) is 4.79 Å². The van der Waals surface area contributed by atoms with Crippen molar-refractivity contribution in [1.29, 1.82) is 0 Å². The summed E-state index contributed by atoms with van der Waals surface area (Å²) >= 11 is 0. The van der Waals surface area contributed by atoms with Gasteiger partial charge in [-0.3, -0.25) is 0 Å². The van der Waals surface area contributed by atoms with Crippen molar-refractivity contribution in [3.8, 4) is 5.75 Å². The van der Waals surface area contributed by atoms with Gasteiger partial charge in [0.2, 0.25) is 0 Å². The van der Waals surface area contributed by atoms with Crippen molar-refractivity contribution in [2.75, 3.05) is 34.4 Å². The Hall–Kier alpha value is -1.55. The number of hydrogen-bond acceptors (Lipinski definition) is 4. The molecule has 4 nitrogen and oxygen atoms in total. The summed E-state index contributed by atoms with van der Waals surface area (Å²) in [4.78, 5) is 13.5. The fourth-order valence-corrected chi connectivity index (χ4v) is 1.37. The third kappa shape index (κ3) is 4.07. The average Bonchev–Trinajstić information content (AvgIpc) is 2.30. The summed E-state index contributed by atoms with van der Waals surface area (Å²) in [6, 6.07) is 5.44. The molecule has 0 heterocycles. The quantitative estimate of drug-likeness (QED) is 0.731. The first kappa shape index (κ1) is 13.5. The van der Waals surface area contributed by atoms with Crippen LogP contribution in [-0.4, -0.2) is 45.2 Å². The maximum absolute atomic E-state index is 11.5. The second-order valence-electron chi connectivity index (χ2n) is 4.12. The molecule has 0 aliphatic rings. The van der Waals surface area contributed by atoms with Crippen molar-refractivity contribution in [2.45, 2.75) is 6.92 Å². The molecule has 0 unspecified atom stereocenters. The Morgan fingerprint density at radius 3 is 2.65 bits per heavy atom. The highest BCUT2D eigenvalue weighted by molar-refractivity contribution is 5.91. The summed E-state index contributed by atoms with van der Waals surface area (Å²) in [7, 11) is 5.35. The Balaban J connectivity index is 2.71. The molecule has 17 heavy (non-hydrogen) atoms. The molecule has 0 aliphatic carbocycles. The van der Waals surface area contributed by atoms with Gasteiger partial charge in [-0.2, -0.15) is 0 Å². The van der Waals surface area contributed by atoms with Gasteiger partial charge < -0.3 is 14.4 Å². The van der Waals surface area contributed by atoms with Crippen LogP contribution in [0.3, 0.4) is 0 Å². The third-order valence-corrected chi connectivity index (χ3v) is 2.42. The highest BCUT2D eigenvalue weighted by Gasteiger charge is 2.10. The van der Waals surface area contributed by atoms with Gasteiger partial charge in [-0.1, -0.05) is 6.07 Å². The van der Waals surface area contributed by atoms with Crippen LogP contribution in [0.25, 0.3) is 0 Å². The van der Waals surface area contributed by atoms with E-state index in [0.29, 0.717) is 17.9 Å². The van der Waals surface area contributed by atoms with Crippen molar-refractivity contribution in [3.63, 3.8) is 0 Å². The molecule has 0 spiro atoms. The van der Waals surface area contributed by atoms with Crippen molar-refractivity contribution in [3.05, 3.63) is 29.3 Å². The molecule has 0 aromatic heterocycles. The Labute approximate surface area is 102 Å². The molecule has 0 bridgehead atoms. The fourth-order valence-electron chi connectivity index (χ4n) is 1.37. The molecule has 0 saturated carbocycles. The molecule has 0 radical (unpaired) electrons. The van der Waals surface area contributed by atoms with Crippen LogP contribution in [0.15, 0.2) is 18.2 Å². The van der Waals surface area contributed by atoms with E-state index in [1.807, 2.05) is 38.1 Å². The minimum Gasteiger partial charge on any atom is -0.492 e. The van der Waals surface area contributed by atoms with Gasteiger partial charge in [0, 0.05) is 6.54 Å². The molecule has 1 rings (SSSR count). The standard InChI is InChI=1S/C13H19NO3/c1-10-5-6-11(17-8-7-14(2)3)9-12(10)13(15)16-4/h5-6,9H,7-8H2,1-4H3. The number of carbonyl (C=O) groups is 1. The molecule has 0 saturated heterocycles. The number of ether oxygens (including phenoxy) is 2. The maximum Gasteiger partial charge on any atom is 0.338 e. The number of methoxy groups -OCH3 is 1. The lowest BCUT2D eigenvalue weighted by atomic mass is 10.1. The van der Waals surface area contributed by atoms with E-state index in [4.69, 9.17) is 9.47 Å². The summed E-state index contributed by atoms with van der Waals surface area (Å²) in [6.07, 6.45) is 0. The molecule has 0 amide bonds. The molecule has 0 atom stereocenters. The highest BCUT2D eigenvalue weighted by atomic mass is 16.5. The Bertz CT molecular complexity index is 388. The average molecular weight is 237 g/mol. The minimum atomic E-state index is -0.333. The Kier molecular flexibility index (Phi) is 4.97. The lowest BCUT2D eigenvalue weighted by molar-refractivity contribution is 0.0599. The van der Waals surface area contributed by atoms with Crippen molar-refractivity contribution in [1.82, 2.24) is 4.90 Å². The van der Waals surface area contributed by atoms with Crippen LogP contribution in [0.4, 0.5) is 0 Å². The van der Waals surface area contributed by atoms with E-state index in [1.165, 1.54) is 7.11 Å². The first-order valence-corrected chi connectivity index (χ1v) is 5.51. The van der Waals surface area contributed by atoms with Crippen molar-refractivity contribution < 1.29 is 14.3 Å². The van der Waals surface area contributed by atoms with E-state index >= 15 is 0 Å². The summed E-state index contributed by atoms with van der Waals surface area (Å²) in [6.45, 7) is 3.30. The van der Waals surface area contributed by atoms with Gasteiger partial charge >= 0.3 is 5.97 Å². The van der Waals surface area contributed by atoms with Crippen molar-refractivity contribution >= 4 is 5.97 Å². The zero-order valence-corrected chi connectivity index (χ0v) is 10.8. The van der Waals surface area contributed by atoms with Gasteiger partial charge in [-0.25, -0.2) is 4.79 Å². The molecule has 1 aromatic carbocycles. The predicted molar refractivity (Wildman–Crippen MR) is 66.6 cm³/mol. The van der Waals surface area contributed by atoms with Crippen LogP contribution < -0.4 is 4.74 Å². The zero-order valence-electron chi connectivity index (χ0n) is 10.8. The first-order chi connectivity index (χ1) is 8.04. The molecule has 0 aliphatic heterocycles. The zero-order chi connectivity index (χ0) is 12.8. The smallest absolute Gasteiger partial charge is 0.338 e. The van der Waals surface area contributed by atoms with E-state index in [2.05, 4.69) is 0 Å². The summed E-state index contributed by atoms with van der Waals surface area (Å²) in [5, 5.41) is 0. The van der Waals surface area contributed by atoms with Gasteiger partial charge in [0.15, 0.2) is 0 Å². The monoisotopic (exact) mass is 237 g/mol. The van der Waals surface area contributed by atoms with Crippen LogP contribution in [0.1, 0.15) is 15.9 Å². The molecule has 0 fully saturated rings. The lowest BCUT2D eigenvalue weighted by Crippen LogP contribution is -2.19. The third-order valence-electron chi connectivity index (χ3n) is 2.42. The van der Waals surface area contributed by atoms with Gasteiger partial charge in [0.1, 0.15) is 12.4 Å². The number of benzene rings is 1. The van der Waals surface area contributed by atoms with E-state index in [-0.39, 0.29) is 5.97 Å². The largest absolute Gasteiger partial charge is 0.492 e. The Morgan fingerprint density at radius 2 is 2.06 bits per heavy atom. The second-order valence-corrected chi connectivity index (χ2v) is 4.12. The number of carbonyl (C=O) groups excluding carboxylic acids is 1. The topological polar surface area (TPSA) is 38.8 Å². The van der Waals surface area contributed by atoms with Crippen molar-refractivity contribution in [2.24, 2.45) is 0 Å². The fraction of sp³-hybridized carbons (Fsp3) is 0.462. The van der Waals surface area contributed by atoms with Crippen LogP contribution in [0.5, 0.6) is 5.75 Å². The van der Waals surface area contributed by atoms with Gasteiger partial charge in [-0.15, -0.1) is 0 Å². The van der Waals surface area contributed by atoms with Crippen LogP contribution in [-0.2, 0) is 4.74 Å². The normalized spacial score (nSPS) is 10.4. The van der Waals surface area contributed by atoms with Gasteiger partial charge in [-0.05, 0) is 38.7 Å². The van der Waals surface area contributed by atoms with Crippen LogP contribution in [0, 0.1) is 6.92 Å². The molecule has 4 heteroatoms. The van der Waals surface area contributed by atoms with E-state index < -0.39 is 0 Å². The predicted octanol–water partition coefficient (Wildman–Crippen LogP) is 1.72. The minimum absolute atomic E-state index is 0.333. The van der Waals surface area contributed by atoms with E-state index in [0.717, 1.165) is 12.1 Å². The van der Waals surface area contributed by atoms with Gasteiger partial charge in [0.25, 0.3) is 0 Å². The molecular weight excluding hydrogens is 218 g/mol. The number of hydrogen-bond donors (Lipinski definition) is 0. The summed E-state index contributed by atoms with van der Waals surface area (Å²) < 4.78 is 10.3. The first-order valence-electron chi connectivity index (χ1n) is 5.51. The van der Waals surface area contributed by atoms with E-state index in [1.54, 1.807) is 6.07 Å².